The van der Waals surface area contributed by atoms with Crippen LogP contribution in [0.5, 0.6) is 0 Å². The molecule has 0 aliphatic carbocycles. The van der Waals surface area contributed by atoms with Crippen molar-refractivity contribution in [3.05, 3.63) is 146 Å². The molecule has 220 valence electrons. The molecule has 9 aromatic rings. The van der Waals surface area contributed by atoms with E-state index in [1.54, 1.807) is 12.4 Å². The molecule has 0 aliphatic rings. The SMILES string of the molecule is c1ccc(-c2nc(-c3ccccc3)nc(-c3cccc(-c4cccc5cc(-c6cc7c(cn6)oc6ccncc67)ncc45)c3)n2)cc1. The number of fused-ring (bicyclic) bond motifs is 4. The Hall–Kier alpha value is -6.60. The number of nitrogens with zero attached hydrogens (tertiary/aromatic N) is 6. The summed E-state index contributed by atoms with van der Waals surface area (Å²) in [6.45, 7) is 0. The zero-order valence-corrected chi connectivity index (χ0v) is 24.9. The fourth-order valence-electron chi connectivity index (χ4n) is 5.99. The first-order valence-electron chi connectivity index (χ1n) is 15.3. The number of benzene rings is 4. The second-order valence-electron chi connectivity index (χ2n) is 11.3. The number of aromatic nitrogens is 6. The van der Waals surface area contributed by atoms with Crippen molar-refractivity contribution in [3.63, 3.8) is 0 Å². The van der Waals surface area contributed by atoms with Crippen molar-refractivity contribution < 1.29 is 4.42 Å². The molecule has 5 aromatic heterocycles. The number of hydrogen-bond acceptors (Lipinski definition) is 7. The maximum absolute atomic E-state index is 5.94. The van der Waals surface area contributed by atoms with Crippen LogP contribution >= 0.6 is 0 Å². The molecule has 0 atom stereocenters. The van der Waals surface area contributed by atoms with Crippen molar-refractivity contribution in [2.24, 2.45) is 0 Å². The van der Waals surface area contributed by atoms with Crippen LogP contribution in [0.2, 0.25) is 0 Å². The molecule has 0 aliphatic heterocycles. The predicted octanol–water partition coefficient (Wildman–Crippen LogP) is 9.44. The molecule has 0 spiro atoms. The van der Waals surface area contributed by atoms with Crippen LogP contribution in [0.3, 0.4) is 0 Å². The predicted molar refractivity (Wildman–Crippen MR) is 185 cm³/mol. The monoisotopic (exact) mass is 604 g/mol. The van der Waals surface area contributed by atoms with Gasteiger partial charge in [-0.2, -0.15) is 0 Å². The fraction of sp³-hybridized carbons (Fsp3) is 0. The van der Waals surface area contributed by atoms with E-state index in [2.05, 4.69) is 46.4 Å². The molecular formula is C40H24N6O. The average molecular weight is 605 g/mol. The van der Waals surface area contributed by atoms with Crippen LogP contribution in [-0.4, -0.2) is 29.9 Å². The Bertz CT molecular complexity index is 2520. The molecule has 0 saturated carbocycles. The van der Waals surface area contributed by atoms with Crippen LogP contribution in [0.15, 0.2) is 151 Å². The van der Waals surface area contributed by atoms with E-state index in [4.69, 9.17) is 24.4 Å². The van der Waals surface area contributed by atoms with E-state index in [-0.39, 0.29) is 0 Å². The van der Waals surface area contributed by atoms with Gasteiger partial charge in [-0.3, -0.25) is 15.0 Å². The van der Waals surface area contributed by atoms with Gasteiger partial charge in [-0.15, -0.1) is 0 Å². The zero-order valence-electron chi connectivity index (χ0n) is 24.9. The lowest BCUT2D eigenvalue weighted by molar-refractivity contribution is 0.666. The molecule has 9 rings (SSSR count). The Morgan fingerprint density at radius 2 is 1.06 bits per heavy atom. The minimum Gasteiger partial charge on any atom is -0.454 e. The van der Waals surface area contributed by atoms with Gasteiger partial charge in [0, 0.05) is 51.4 Å². The number of hydrogen-bond donors (Lipinski definition) is 0. The molecule has 0 amide bonds. The summed E-state index contributed by atoms with van der Waals surface area (Å²) in [6, 6.07) is 40.6. The van der Waals surface area contributed by atoms with Crippen LogP contribution in [0.25, 0.3) is 89.4 Å². The summed E-state index contributed by atoms with van der Waals surface area (Å²) in [5.74, 6) is 1.88. The first-order chi connectivity index (χ1) is 23.3. The molecule has 7 heteroatoms. The highest BCUT2D eigenvalue weighted by atomic mass is 16.3. The lowest BCUT2D eigenvalue weighted by Gasteiger charge is -2.11. The van der Waals surface area contributed by atoms with Crippen LogP contribution in [0.1, 0.15) is 0 Å². The highest BCUT2D eigenvalue weighted by Gasteiger charge is 2.15. The second-order valence-corrected chi connectivity index (χ2v) is 11.3. The van der Waals surface area contributed by atoms with E-state index in [1.165, 1.54) is 0 Å². The van der Waals surface area contributed by atoms with Crippen molar-refractivity contribution in [2.45, 2.75) is 0 Å². The molecule has 5 heterocycles. The molecule has 0 N–H and O–H groups in total. The molecule has 0 fully saturated rings. The molecule has 7 nitrogen and oxygen atoms in total. The quantitative estimate of drug-likeness (QED) is 0.193. The van der Waals surface area contributed by atoms with Gasteiger partial charge in [0.2, 0.25) is 0 Å². The Labute approximate surface area is 269 Å². The number of pyridine rings is 3. The van der Waals surface area contributed by atoms with Gasteiger partial charge in [-0.25, -0.2) is 15.0 Å². The van der Waals surface area contributed by atoms with Crippen molar-refractivity contribution in [3.8, 4) is 56.7 Å². The minimum atomic E-state index is 0.614. The summed E-state index contributed by atoms with van der Waals surface area (Å²) >= 11 is 0. The molecule has 47 heavy (non-hydrogen) atoms. The van der Waals surface area contributed by atoms with Crippen LogP contribution in [-0.2, 0) is 0 Å². The third kappa shape index (κ3) is 4.87. The van der Waals surface area contributed by atoms with E-state index in [0.717, 1.165) is 71.9 Å². The van der Waals surface area contributed by atoms with Crippen LogP contribution in [0, 0.1) is 0 Å². The lowest BCUT2D eigenvalue weighted by atomic mass is 9.97. The van der Waals surface area contributed by atoms with E-state index in [0.29, 0.717) is 17.5 Å². The summed E-state index contributed by atoms with van der Waals surface area (Å²) in [5, 5.41) is 4.03. The Morgan fingerprint density at radius 3 is 1.83 bits per heavy atom. The van der Waals surface area contributed by atoms with E-state index < -0.39 is 0 Å². The van der Waals surface area contributed by atoms with E-state index >= 15 is 0 Å². The third-order valence-electron chi connectivity index (χ3n) is 8.32. The smallest absolute Gasteiger partial charge is 0.164 e. The summed E-state index contributed by atoms with van der Waals surface area (Å²) in [4.78, 5) is 28.5. The van der Waals surface area contributed by atoms with E-state index in [9.17, 15) is 0 Å². The molecule has 4 aromatic carbocycles. The van der Waals surface area contributed by atoms with Gasteiger partial charge in [0.25, 0.3) is 0 Å². The minimum absolute atomic E-state index is 0.614. The largest absolute Gasteiger partial charge is 0.454 e. The van der Waals surface area contributed by atoms with Gasteiger partial charge < -0.3 is 4.42 Å². The molecule has 0 radical (unpaired) electrons. The maximum atomic E-state index is 5.94. The Balaban J connectivity index is 1.12. The first kappa shape index (κ1) is 26.8. The second kappa shape index (κ2) is 11.1. The Morgan fingerprint density at radius 1 is 0.426 bits per heavy atom. The average Bonchev–Trinajstić information content (AvgIpc) is 3.53. The van der Waals surface area contributed by atoms with Gasteiger partial charge in [0.15, 0.2) is 23.1 Å². The van der Waals surface area contributed by atoms with Gasteiger partial charge >= 0.3 is 0 Å². The highest BCUT2D eigenvalue weighted by molar-refractivity contribution is 6.05. The van der Waals surface area contributed by atoms with Crippen molar-refractivity contribution >= 4 is 32.7 Å². The standard InChI is InChI=1S/C40H24N6O/c1-3-9-25(10-4-1)38-44-39(26-11-5-2-6-12-26)46-40(45-38)29-15-7-13-27(19-29)30-16-8-14-28-20-34(42-23-32(28)30)35-21-31-33-22-41-18-17-36(33)47-37(31)24-43-35/h1-24H. The van der Waals surface area contributed by atoms with Crippen molar-refractivity contribution in [1.29, 1.82) is 0 Å². The summed E-state index contributed by atoms with van der Waals surface area (Å²) in [5.41, 5.74) is 7.97. The van der Waals surface area contributed by atoms with E-state index in [1.807, 2.05) is 97.3 Å². The number of furan rings is 1. The van der Waals surface area contributed by atoms with Crippen molar-refractivity contribution in [2.75, 3.05) is 0 Å². The number of rotatable bonds is 5. The molecular weight excluding hydrogens is 580 g/mol. The van der Waals surface area contributed by atoms with Gasteiger partial charge in [0.05, 0.1) is 17.6 Å². The van der Waals surface area contributed by atoms with Crippen LogP contribution in [0.4, 0.5) is 0 Å². The Kier molecular flexibility index (Phi) is 6.31. The lowest BCUT2D eigenvalue weighted by Crippen LogP contribution is -2.00. The van der Waals surface area contributed by atoms with Gasteiger partial charge in [-0.05, 0) is 40.8 Å². The van der Waals surface area contributed by atoms with Gasteiger partial charge in [-0.1, -0.05) is 97.1 Å². The van der Waals surface area contributed by atoms with Crippen LogP contribution < -0.4 is 0 Å². The topological polar surface area (TPSA) is 90.5 Å². The molecule has 0 unspecified atom stereocenters. The first-order valence-corrected chi connectivity index (χ1v) is 15.3. The normalized spacial score (nSPS) is 11.4. The summed E-state index contributed by atoms with van der Waals surface area (Å²) < 4.78 is 5.94. The summed E-state index contributed by atoms with van der Waals surface area (Å²) in [7, 11) is 0. The highest BCUT2D eigenvalue weighted by Crippen LogP contribution is 2.34. The summed E-state index contributed by atoms with van der Waals surface area (Å²) in [6.07, 6.45) is 7.23. The fourth-order valence-corrected chi connectivity index (χ4v) is 5.99. The molecule has 0 bridgehead atoms. The third-order valence-corrected chi connectivity index (χ3v) is 8.32. The zero-order chi connectivity index (χ0) is 31.2. The maximum Gasteiger partial charge on any atom is 0.164 e. The van der Waals surface area contributed by atoms with Gasteiger partial charge in [0.1, 0.15) is 5.58 Å². The molecule has 0 saturated heterocycles. The van der Waals surface area contributed by atoms with Crippen molar-refractivity contribution in [1.82, 2.24) is 29.9 Å².